The number of fused-ring (bicyclic) bond motifs is 1. The zero-order chi connectivity index (χ0) is 18.1. The number of aliphatic hydroxyl groups is 1. The second-order valence-electron chi connectivity index (χ2n) is 6.01. The highest BCUT2D eigenvalue weighted by molar-refractivity contribution is 6.30. The second-order valence-corrected chi connectivity index (χ2v) is 6.44. The summed E-state index contributed by atoms with van der Waals surface area (Å²) in [6.45, 7) is 0.136. The van der Waals surface area contributed by atoms with Crippen LogP contribution in [0, 0.1) is 0 Å². The van der Waals surface area contributed by atoms with Crippen LogP contribution in [0.25, 0.3) is 16.8 Å². The molecule has 0 aliphatic rings. The molecule has 2 heterocycles. The molecule has 1 N–H and O–H groups in total. The van der Waals surface area contributed by atoms with Crippen molar-refractivity contribution >= 4 is 17.1 Å². The Morgan fingerprint density at radius 2 is 1.85 bits per heavy atom. The number of nitrogens with zero attached hydrogens (tertiary/aromatic N) is 3. The monoisotopic (exact) mass is 365 g/mol. The van der Waals surface area contributed by atoms with Crippen LogP contribution in [-0.4, -0.2) is 19.3 Å². The number of rotatable bonds is 4. The number of aromatic nitrogens is 3. The third kappa shape index (κ3) is 2.92. The van der Waals surface area contributed by atoms with E-state index in [2.05, 4.69) is 5.10 Å². The lowest BCUT2D eigenvalue weighted by molar-refractivity contribution is 0.283. The molecule has 130 valence electrons. The van der Waals surface area contributed by atoms with Gasteiger partial charge in [-0.25, -0.2) is 4.52 Å². The van der Waals surface area contributed by atoms with E-state index in [0.717, 1.165) is 11.1 Å². The summed E-state index contributed by atoms with van der Waals surface area (Å²) in [5.74, 6) is 0. The van der Waals surface area contributed by atoms with Crippen LogP contribution in [-0.2, 0) is 13.2 Å². The third-order valence-corrected chi connectivity index (χ3v) is 4.54. The fourth-order valence-corrected chi connectivity index (χ4v) is 3.30. The number of hydrogen-bond acceptors (Lipinski definition) is 3. The highest BCUT2D eigenvalue weighted by Gasteiger charge is 2.17. The van der Waals surface area contributed by atoms with Crippen LogP contribution in [0.4, 0.5) is 0 Å². The Hall–Kier alpha value is -2.89. The van der Waals surface area contributed by atoms with Gasteiger partial charge in [-0.15, -0.1) is 0 Å². The Morgan fingerprint density at radius 1 is 1.04 bits per heavy atom. The Morgan fingerprint density at radius 3 is 2.58 bits per heavy atom. The molecule has 0 aliphatic heterocycles. The average Bonchev–Trinajstić information content (AvgIpc) is 3.04. The van der Waals surface area contributed by atoms with Crippen molar-refractivity contribution in [3.8, 4) is 11.3 Å². The van der Waals surface area contributed by atoms with Gasteiger partial charge in [0.25, 0.3) is 5.56 Å². The highest BCUT2D eigenvalue weighted by atomic mass is 35.5. The van der Waals surface area contributed by atoms with Gasteiger partial charge in [0.15, 0.2) is 0 Å². The largest absolute Gasteiger partial charge is 0.392 e. The van der Waals surface area contributed by atoms with Crippen molar-refractivity contribution in [2.45, 2.75) is 13.2 Å². The second kappa shape index (κ2) is 6.78. The van der Waals surface area contributed by atoms with E-state index in [1.807, 2.05) is 48.5 Å². The Bertz CT molecular complexity index is 1130. The minimum atomic E-state index is -0.260. The summed E-state index contributed by atoms with van der Waals surface area (Å²) in [6, 6.07) is 16.9. The van der Waals surface area contributed by atoms with Crippen molar-refractivity contribution < 1.29 is 5.11 Å². The summed E-state index contributed by atoms with van der Waals surface area (Å²) in [7, 11) is 0. The van der Waals surface area contributed by atoms with Crippen molar-refractivity contribution in [1.29, 1.82) is 0 Å². The predicted molar refractivity (Wildman–Crippen MR) is 101 cm³/mol. The number of hydrogen-bond donors (Lipinski definition) is 1. The van der Waals surface area contributed by atoms with Crippen LogP contribution in [0.5, 0.6) is 0 Å². The van der Waals surface area contributed by atoms with E-state index >= 15 is 0 Å². The molecule has 6 heteroatoms. The molecule has 2 aromatic heterocycles. The maximum Gasteiger partial charge on any atom is 0.277 e. The van der Waals surface area contributed by atoms with Crippen LogP contribution in [0.2, 0.25) is 5.02 Å². The molecular weight excluding hydrogens is 350 g/mol. The molecule has 0 fully saturated rings. The first-order valence-corrected chi connectivity index (χ1v) is 8.56. The molecule has 2 aromatic carbocycles. The van der Waals surface area contributed by atoms with Gasteiger partial charge in [0, 0.05) is 28.5 Å². The molecule has 4 aromatic rings. The van der Waals surface area contributed by atoms with Gasteiger partial charge in [-0.05, 0) is 17.7 Å². The van der Waals surface area contributed by atoms with Gasteiger partial charge >= 0.3 is 0 Å². The van der Waals surface area contributed by atoms with E-state index in [1.165, 1.54) is 4.52 Å². The standard InChI is InChI=1S/C20H16ClN3O2/c21-16-8-4-5-14(11-16)12-23-9-10-24-19(20(23)26)17(13-25)18(22-24)15-6-2-1-3-7-15/h1-11,25H,12-13H2. The Kier molecular flexibility index (Phi) is 4.32. The molecule has 0 amide bonds. The van der Waals surface area contributed by atoms with Gasteiger partial charge in [0.2, 0.25) is 0 Å². The molecule has 0 spiro atoms. The quantitative estimate of drug-likeness (QED) is 0.603. The molecular formula is C20H16ClN3O2. The first-order chi connectivity index (χ1) is 12.7. The topological polar surface area (TPSA) is 59.5 Å². The first kappa shape index (κ1) is 16.6. The predicted octanol–water partition coefficient (Wildman–Crippen LogP) is 3.36. The van der Waals surface area contributed by atoms with E-state index in [4.69, 9.17) is 11.6 Å². The lowest BCUT2D eigenvalue weighted by atomic mass is 10.1. The van der Waals surface area contributed by atoms with Gasteiger partial charge in [-0.2, -0.15) is 5.10 Å². The fraction of sp³-hybridized carbons (Fsp3) is 0.100. The SMILES string of the molecule is O=c1c2c(CO)c(-c3ccccc3)nn2ccn1Cc1cccc(Cl)c1. The summed E-state index contributed by atoms with van der Waals surface area (Å²) in [5.41, 5.74) is 3.12. The zero-order valence-electron chi connectivity index (χ0n) is 13.8. The molecule has 4 rings (SSSR count). The molecule has 5 nitrogen and oxygen atoms in total. The van der Waals surface area contributed by atoms with Crippen molar-refractivity contribution in [3.63, 3.8) is 0 Å². The molecule has 0 bridgehead atoms. The molecule has 0 radical (unpaired) electrons. The molecule has 26 heavy (non-hydrogen) atoms. The number of halogens is 1. The van der Waals surface area contributed by atoms with Crippen LogP contribution in [0.1, 0.15) is 11.1 Å². The first-order valence-electron chi connectivity index (χ1n) is 8.19. The summed E-state index contributed by atoms with van der Waals surface area (Å²) in [5, 5.41) is 15.0. The molecule has 0 aliphatic carbocycles. The van der Waals surface area contributed by atoms with Crippen LogP contribution in [0.3, 0.4) is 0 Å². The summed E-state index contributed by atoms with van der Waals surface area (Å²) < 4.78 is 3.13. The highest BCUT2D eigenvalue weighted by Crippen LogP contribution is 2.24. The summed E-state index contributed by atoms with van der Waals surface area (Å²) in [6.07, 6.45) is 3.42. The average molecular weight is 366 g/mol. The van der Waals surface area contributed by atoms with Crippen LogP contribution < -0.4 is 5.56 Å². The smallest absolute Gasteiger partial charge is 0.277 e. The molecule has 0 saturated heterocycles. The maximum absolute atomic E-state index is 13.0. The number of benzene rings is 2. The Balaban J connectivity index is 1.86. The van der Waals surface area contributed by atoms with Gasteiger partial charge in [-0.3, -0.25) is 4.79 Å². The third-order valence-electron chi connectivity index (χ3n) is 4.31. The van der Waals surface area contributed by atoms with Crippen molar-refractivity contribution in [1.82, 2.24) is 14.2 Å². The van der Waals surface area contributed by atoms with Gasteiger partial charge in [0.05, 0.1) is 18.8 Å². The summed E-state index contributed by atoms with van der Waals surface area (Å²) in [4.78, 5) is 13.0. The normalized spacial score (nSPS) is 11.2. The van der Waals surface area contributed by atoms with E-state index < -0.39 is 0 Å². The Labute approximate surface area is 154 Å². The fourth-order valence-electron chi connectivity index (χ4n) is 3.09. The van der Waals surface area contributed by atoms with Gasteiger partial charge < -0.3 is 9.67 Å². The van der Waals surface area contributed by atoms with Crippen molar-refractivity contribution in [2.24, 2.45) is 0 Å². The van der Waals surface area contributed by atoms with Crippen LogP contribution >= 0.6 is 11.6 Å². The minimum absolute atomic E-state index is 0.203. The summed E-state index contributed by atoms with van der Waals surface area (Å²) >= 11 is 6.03. The van der Waals surface area contributed by atoms with E-state index in [1.54, 1.807) is 23.0 Å². The molecule has 0 saturated carbocycles. The lowest BCUT2D eigenvalue weighted by Gasteiger charge is -2.07. The van der Waals surface area contributed by atoms with Crippen molar-refractivity contribution in [3.05, 3.63) is 93.5 Å². The van der Waals surface area contributed by atoms with Crippen LogP contribution in [0.15, 0.2) is 71.8 Å². The molecule has 0 unspecified atom stereocenters. The number of aliphatic hydroxyl groups excluding tert-OH is 1. The van der Waals surface area contributed by atoms with Gasteiger partial charge in [-0.1, -0.05) is 54.1 Å². The van der Waals surface area contributed by atoms with E-state index in [9.17, 15) is 9.90 Å². The van der Waals surface area contributed by atoms with Crippen molar-refractivity contribution in [2.75, 3.05) is 0 Å². The van der Waals surface area contributed by atoms with E-state index in [-0.39, 0.29) is 12.2 Å². The maximum atomic E-state index is 13.0. The minimum Gasteiger partial charge on any atom is -0.392 e. The molecule has 0 atom stereocenters. The zero-order valence-corrected chi connectivity index (χ0v) is 14.6. The van der Waals surface area contributed by atoms with Gasteiger partial charge in [0.1, 0.15) is 5.52 Å². The lowest BCUT2D eigenvalue weighted by Crippen LogP contribution is -2.22. The van der Waals surface area contributed by atoms with E-state index in [0.29, 0.717) is 28.3 Å².